The molecule has 0 fully saturated rings. The van der Waals surface area contributed by atoms with E-state index in [0.29, 0.717) is 17.0 Å². The summed E-state index contributed by atoms with van der Waals surface area (Å²) in [7, 11) is 0. The molecule has 0 nitrogen and oxygen atoms in total. The van der Waals surface area contributed by atoms with Gasteiger partial charge in [0.25, 0.3) is 0 Å². The molecule has 0 aliphatic heterocycles. The lowest BCUT2D eigenvalue weighted by Crippen LogP contribution is -2.13. The smallest absolute Gasteiger partial charge is 0.160 e. The van der Waals surface area contributed by atoms with Gasteiger partial charge in [-0.25, -0.2) is 13.2 Å². The van der Waals surface area contributed by atoms with Crippen molar-refractivity contribution in [1.29, 1.82) is 0 Å². The third-order valence-corrected chi connectivity index (χ3v) is 4.28. The number of aryl methyl sites for hydroxylation is 1. The number of fused-ring (bicyclic) bond motifs is 1. The zero-order valence-corrected chi connectivity index (χ0v) is 13.4. The van der Waals surface area contributed by atoms with Crippen LogP contribution in [-0.4, -0.2) is 0 Å². The van der Waals surface area contributed by atoms with E-state index in [-0.39, 0.29) is 5.82 Å². The van der Waals surface area contributed by atoms with E-state index in [0.717, 1.165) is 42.5 Å². The molecule has 122 valence electrons. The van der Waals surface area contributed by atoms with Crippen LogP contribution in [0.4, 0.5) is 13.2 Å². The van der Waals surface area contributed by atoms with Crippen molar-refractivity contribution in [3.05, 3.63) is 82.2 Å². The minimum Gasteiger partial charge on any atom is -0.206 e. The number of allylic oxidation sites excluding steroid dienone is 2. The third-order valence-electron chi connectivity index (χ3n) is 4.28. The Morgan fingerprint density at radius 2 is 1.79 bits per heavy atom. The minimum atomic E-state index is -0.956. The van der Waals surface area contributed by atoms with Crippen molar-refractivity contribution in [3.8, 4) is 11.8 Å². The van der Waals surface area contributed by atoms with Crippen LogP contribution in [0.15, 0.2) is 42.5 Å². The van der Waals surface area contributed by atoms with E-state index in [1.165, 1.54) is 6.07 Å². The van der Waals surface area contributed by atoms with Crippen molar-refractivity contribution in [1.82, 2.24) is 0 Å². The molecule has 1 aliphatic carbocycles. The van der Waals surface area contributed by atoms with E-state index in [1.54, 1.807) is 12.1 Å². The summed E-state index contributed by atoms with van der Waals surface area (Å²) in [4.78, 5) is 0. The fourth-order valence-corrected chi connectivity index (χ4v) is 3.05. The van der Waals surface area contributed by atoms with Crippen molar-refractivity contribution in [2.75, 3.05) is 0 Å². The summed E-state index contributed by atoms with van der Waals surface area (Å²) in [5.74, 6) is 3.65. The van der Waals surface area contributed by atoms with Gasteiger partial charge in [0.05, 0.1) is 5.56 Å². The standard InChI is InChI=1S/C21H17F3/c1-2-3-14-4-7-16-12-17(20(23)13-18(16)10-14)8-5-15-6-9-19(22)21(24)11-15/h2-3,6,9,11-14H,4,7,10H2,1H3/b3-2+. The van der Waals surface area contributed by atoms with Crippen molar-refractivity contribution in [2.24, 2.45) is 5.92 Å². The molecule has 2 aromatic rings. The molecule has 1 atom stereocenters. The van der Waals surface area contributed by atoms with Crippen LogP contribution in [0.25, 0.3) is 0 Å². The molecule has 2 aromatic carbocycles. The number of halogens is 3. The van der Waals surface area contributed by atoms with Gasteiger partial charge >= 0.3 is 0 Å². The second-order valence-corrected chi connectivity index (χ2v) is 6.01. The summed E-state index contributed by atoms with van der Waals surface area (Å²) < 4.78 is 40.4. The molecule has 0 saturated carbocycles. The molecule has 0 N–H and O–H groups in total. The Kier molecular flexibility index (Phi) is 4.76. The largest absolute Gasteiger partial charge is 0.206 e. The lowest BCUT2D eigenvalue weighted by molar-refractivity contribution is 0.508. The average molecular weight is 326 g/mol. The molecule has 1 aliphatic rings. The molecule has 0 spiro atoms. The molecule has 3 rings (SSSR count). The van der Waals surface area contributed by atoms with Gasteiger partial charge in [0.2, 0.25) is 0 Å². The molecule has 3 heteroatoms. The molecule has 0 radical (unpaired) electrons. The highest BCUT2D eigenvalue weighted by Crippen LogP contribution is 2.28. The number of benzene rings is 2. The first kappa shape index (κ1) is 16.4. The average Bonchev–Trinajstić information content (AvgIpc) is 2.56. The van der Waals surface area contributed by atoms with Crippen LogP contribution in [-0.2, 0) is 12.8 Å². The molecule has 0 aromatic heterocycles. The van der Waals surface area contributed by atoms with Gasteiger partial charge < -0.3 is 0 Å². The quantitative estimate of drug-likeness (QED) is 0.500. The first-order valence-corrected chi connectivity index (χ1v) is 7.98. The van der Waals surface area contributed by atoms with E-state index >= 15 is 0 Å². The summed E-state index contributed by atoms with van der Waals surface area (Å²) in [5, 5.41) is 0. The summed E-state index contributed by atoms with van der Waals surface area (Å²) in [6, 6.07) is 6.75. The molecule has 0 heterocycles. The normalized spacial score (nSPS) is 16.6. The summed E-state index contributed by atoms with van der Waals surface area (Å²) in [6.45, 7) is 1.99. The molecule has 0 amide bonds. The van der Waals surface area contributed by atoms with Crippen LogP contribution in [0.3, 0.4) is 0 Å². The zero-order chi connectivity index (χ0) is 17.1. The van der Waals surface area contributed by atoms with Gasteiger partial charge in [-0.2, -0.15) is 0 Å². The Morgan fingerprint density at radius 1 is 0.958 bits per heavy atom. The highest BCUT2D eigenvalue weighted by Gasteiger charge is 2.18. The number of rotatable bonds is 1. The molecule has 24 heavy (non-hydrogen) atoms. The molecule has 0 saturated heterocycles. The minimum absolute atomic E-state index is 0.294. The first-order valence-electron chi connectivity index (χ1n) is 7.98. The highest BCUT2D eigenvalue weighted by atomic mass is 19.2. The van der Waals surface area contributed by atoms with Crippen molar-refractivity contribution >= 4 is 0 Å². The summed E-state index contributed by atoms with van der Waals surface area (Å²) in [5.41, 5.74) is 2.76. The van der Waals surface area contributed by atoms with Gasteiger partial charge in [-0.15, -0.1) is 0 Å². The predicted octanol–water partition coefficient (Wildman–Crippen LogP) is 5.18. The van der Waals surface area contributed by atoms with E-state index < -0.39 is 11.6 Å². The van der Waals surface area contributed by atoms with Crippen molar-refractivity contribution in [3.63, 3.8) is 0 Å². The molecule has 0 bridgehead atoms. The van der Waals surface area contributed by atoms with Gasteiger partial charge in [-0.05, 0) is 73.6 Å². The van der Waals surface area contributed by atoms with E-state index in [1.807, 2.05) is 13.0 Å². The fraction of sp³-hybridized carbons (Fsp3) is 0.238. The fourth-order valence-electron chi connectivity index (χ4n) is 3.05. The second kappa shape index (κ2) is 6.97. The number of hydrogen-bond donors (Lipinski definition) is 0. The zero-order valence-electron chi connectivity index (χ0n) is 13.4. The van der Waals surface area contributed by atoms with Gasteiger partial charge in [-0.1, -0.05) is 24.0 Å². The Hall–Kier alpha value is -2.47. The summed E-state index contributed by atoms with van der Waals surface area (Å²) >= 11 is 0. The van der Waals surface area contributed by atoms with Gasteiger partial charge in [0.15, 0.2) is 11.6 Å². The van der Waals surface area contributed by atoms with Gasteiger partial charge in [0.1, 0.15) is 5.82 Å². The molecule has 1 unspecified atom stereocenters. The van der Waals surface area contributed by atoms with Crippen molar-refractivity contribution < 1.29 is 13.2 Å². The highest BCUT2D eigenvalue weighted by molar-refractivity contribution is 5.47. The maximum atomic E-state index is 14.3. The maximum Gasteiger partial charge on any atom is 0.160 e. The van der Waals surface area contributed by atoms with Crippen molar-refractivity contribution in [2.45, 2.75) is 26.2 Å². The summed E-state index contributed by atoms with van der Waals surface area (Å²) in [6.07, 6.45) is 6.97. The van der Waals surface area contributed by atoms with Crippen LogP contribution >= 0.6 is 0 Å². The Labute approximate surface area is 140 Å². The topological polar surface area (TPSA) is 0 Å². The monoisotopic (exact) mass is 326 g/mol. The maximum absolute atomic E-state index is 14.3. The van der Waals surface area contributed by atoms with Crippen LogP contribution in [0.1, 0.15) is 35.6 Å². The second-order valence-electron chi connectivity index (χ2n) is 6.01. The Morgan fingerprint density at radius 3 is 2.54 bits per heavy atom. The lowest BCUT2D eigenvalue weighted by atomic mass is 9.83. The number of hydrogen-bond acceptors (Lipinski definition) is 0. The SMILES string of the molecule is C/C=C/C1CCc2cc(C#Cc3ccc(F)c(F)c3)c(F)cc2C1. The van der Waals surface area contributed by atoms with E-state index in [4.69, 9.17) is 0 Å². The Balaban J connectivity index is 1.88. The first-order chi connectivity index (χ1) is 11.6. The Bertz CT molecular complexity index is 853. The van der Waals surface area contributed by atoms with Crippen LogP contribution < -0.4 is 0 Å². The molecular weight excluding hydrogens is 309 g/mol. The van der Waals surface area contributed by atoms with E-state index in [2.05, 4.69) is 17.9 Å². The van der Waals surface area contributed by atoms with Crippen LogP contribution in [0, 0.1) is 35.2 Å². The van der Waals surface area contributed by atoms with Gasteiger partial charge in [-0.3, -0.25) is 0 Å². The third kappa shape index (κ3) is 3.54. The van der Waals surface area contributed by atoms with Gasteiger partial charge in [0, 0.05) is 5.56 Å². The molecular formula is C21H17F3. The van der Waals surface area contributed by atoms with E-state index in [9.17, 15) is 13.2 Å². The lowest BCUT2D eigenvalue weighted by Gasteiger charge is -2.22. The van der Waals surface area contributed by atoms with Crippen LogP contribution in [0.5, 0.6) is 0 Å². The predicted molar refractivity (Wildman–Crippen MR) is 89.1 cm³/mol. The van der Waals surface area contributed by atoms with Crippen LogP contribution in [0.2, 0.25) is 0 Å².